The van der Waals surface area contributed by atoms with Crippen LogP contribution in [0.3, 0.4) is 0 Å². The van der Waals surface area contributed by atoms with Gasteiger partial charge in [0, 0.05) is 13.6 Å². The molecule has 0 spiro atoms. The molecule has 1 aromatic carbocycles. The molecule has 0 heterocycles. The molecule has 0 radical (unpaired) electrons. The van der Waals surface area contributed by atoms with Crippen LogP contribution >= 0.6 is 0 Å². The Morgan fingerprint density at radius 2 is 2.11 bits per heavy atom. The van der Waals surface area contributed by atoms with Crippen LogP contribution in [-0.2, 0) is 10.2 Å². The molecule has 0 fully saturated rings. The van der Waals surface area contributed by atoms with Gasteiger partial charge in [-0.25, -0.2) is 0 Å². The fraction of sp³-hybridized carbons (Fsp3) is 0.500. The SMILES string of the molecule is COc1ccc(NS(=O)(=O)N(C)CCCN)c(C)c1. The second-order valence-corrected chi connectivity index (χ2v) is 6.03. The molecule has 0 aliphatic carbocycles. The van der Waals surface area contributed by atoms with E-state index in [9.17, 15) is 8.42 Å². The number of ether oxygens (including phenoxy) is 1. The topological polar surface area (TPSA) is 84.7 Å². The van der Waals surface area contributed by atoms with E-state index in [0.717, 1.165) is 5.56 Å². The third-order valence-electron chi connectivity index (χ3n) is 2.76. The zero-order chi connectivity index (χ0) is 14.5. The van der Waals surface area contributed by atoms with Crippen LogP contribution in [0.15, 0.2) is 18.2 Å². The minimum atomic E-state index is -3.54. The number of aryl methyl sites for hydroxylation is 1. The van der Waals surface area contributed by atoms with Crippen LogP contribution in [0.4, 0.5) is 5.69 Å². The van der Waals surface area contributed by atoms with Crippen molar-refractivity contribution in [3.63, 3.8) is 0 Å². The second-order valence-electron chi connectivity index (χ2n) is 4.25. The second kappa shape index (κ2) is 6.74. The highest BCUT2D eigenvalue weighted by Crippen LogP contribution is 2.22. The van der Waals surface area contributed by atoms with Crippen molar-refractivity contribution in [2.45, 2.75) is 13.3 Å². The van der Waals surface area contributed by atoms with E-state index in [1.165, 1.54) is 11.4 Å². The first kappa shape index (κ1) is 15.7. The first-order valence-electron chi connectivity index (χ1n) is 5.99. The van der Waals surface area contributed by atoms with E-state index in [1.54, 1.807) is 25.3 Å². The molecule has 0 atom stereocenters. The predicted octanol–water partition coefficient (Wildman–Crippen LogP) is 0.941. The highest BCUT2D eigenvalue weighted by Gasteiger charge is 2.17. The number of methoxy groups -OCH3 is 1. The number of nitrogens with zero attached hydrogens (tertiary/aromatic N) is 1. The van der Waals surface area contributed by atoms with E-state index in [-0.39, 0.29) is 0 Å². The maximum absolute atomic E-state index is 12.1. The van der Waals surface area contributed by atoms with Gasteiger partial charge in [0.25, 0.3) is 0 Å². The molecule has 7 heteroatoms. The van der Waals surface area contributed by atoms with Gasteiger partial charge in [0.05, 0.1) is 12.8 Å². The summed E-state index contributed by atoms with van der Waals surface area (Å²) in [6.45, 7) is 2.67. The molecule has 0 saturated carbocycles. The lowest BCUT2D eigenvalue weighted by molar-refractivity contribution is 0.414. The van der Waals surface area contributed by atoms with Gasteiger partial charge in [-0.1, -0.05) is 0 Å². The summed E-state index contributed by atoms with van der Waals surface area (Å²) < 4.78 is 33.0. The van der Waals surface area contributed by atoms with Crippen molar-refractivity contribution < 1.29 is 13.2 Å². The van der Waals surface area contributed by atoms with E-state index in [0.29, 0.717) is 30.9 Å². The van der Waals surface area contributed by atoms with Crippen molar-refractivity contribution in [2.24, 2.45) is 5.73 Å². The van der Waals surface area contributed by atoms with Crippen molar-refractivity contribution in [1.82, 2.24) is 4.31 Å². The normalized spacial score (nSPS) is 11.6. The largest absolute Gasteiger partial charge is 0.497 e. The van der Waals surface area contributed by atoms with Gasteiger partial charge in [-0.15, -0.1) is 0 Å². The standard InChI is InChI=1S/C12H21N3O3S/c1-10-9-11(18-3)5-6-12(10)14-19(16,17)15(2)8-4-7-13/h5-6,9,14H,4,7-8,13H2,1-3H3. The lowest BCUT2D eigenvalue weighted by Crippen LogP contribution is -2.34. The Morgan fingerprint density at radius 3 is 2.63 bits per heavy atom. The molecule has 0 aromatic heterocycles. The monoisotopic (exact) mass is 287 g/mol. The van der Waals surface area contributed by atoms with Crippen LogP contribution < -0.4 is 15.2 Å². The molecular formula is C12H21N3O3S. The highest BCUT2D eigenvalue weighted by molar-refractivity contribution is 7.90. The first-order chi connectivity index (χ1) is 8.90. The van der Waals surface area contributed by atoms with E-state index in [1.807, 2.05) is 6.92 Å². The zero-order valence-corrected chi connectivity index (χ0v) is 12.3. The molecule has 0 unspecified atom stereocenters. The summed E-state index contributed by atoms with van der Waals surface area (Å²) in [6.07, 6.45) is 0.624. The lowest BCUT2D eigenvalue weighted by Gasteiger charge is -2.19. The molecule has 1 aromatic rings. The van der Waals surface area contributed by atoms with Gasteiger partial charge in [0.2, 0.25) is 0 Å². The Kier molecular flexibility index (Phi) is 5.59. The van der Waals surface area contributed by atoms with Crippen molar-refractivity contribution in [1.29, 1.82) is 0 Å². The maximum Gasteiger partial charge on any atom is 0.301 e. The minimum Gasteiger partial charge on any atom is -0.497 e. The molecule has 3 N–H and O–H groups in total. The summed E-state index contributed by atoms with van der Waals surface area (Å²) in [6, 6.07) is 5.17. The van der Waals surface area contributed by atoms with Gasteiger partial charge in [0.1, 0.15) is 5.75 Å². The fourth-order valence-corrected chi connectivity index (χ4v) is 2.56. The molecule has 6 nitrogen and oxygen atoms in total. The number of benzene rings is 1. The number of rotatable bonds is 7. The van der Waals surface area contributed by atoms with Crippen molar-refractivity contribution in [3.8, 4) is 5.75 Å². The Balaban J connectivity index is 2.83. The molecule has 1 rings (SSSR count). The van der Waals surface area contributed by atoms with Crippen molar-refractivity contribution in [3.05, 3.63) is 23.8 Å². The minimum absolute atomic E-state index is 0.390. The van der Waals surface area contributed by atoms with Crippen LogP contribution in [0.2, 0.25) is 0 Å². The molecular weight excluding hydrogens is 266 g/mol. The zero-order valence-electron chi connectivity index (χ0n) is 11.5. The quantitative estimate of drug-likeness (QED) is 0.781. The Hall–Kier alpha value is -1.31. The van der Waals surface area contributed by atoms with Crippen molar-refractivity contribution >= 4 is 15.9 Å². The van der Waals surface area contributed by atoms with Crippen molar-refractivity contribution in [2.75, 3.05) is 32.0 Å². The first-order valence-corrected chi connectivity index (χ1v) is 7.43. The predicted molar refractivity (Wildman–Crippen MR) is 76.6 cm³/mol. The molecule has 0 aliphatic rings. The number of nitrogens with one attached hydrogen (secondary N) is 1. The summed E-state index contributed by atoms with van der Waals surface area (Å²) >= 11 is 0. The van der Waals surface area contributed by atoms with Crippen LogP contribution in [0.5, 0.6) is 5.75 Å². The third kappa shape index (κ3) is 4.38. The summed E-state index contributed by atoms with van der Waals surface area (Å²) in [5.74, 6) is 0.692. The highest BCUT2D eigenvalue weighted by atomic mass is 32.2. The van der Waals surface area contributed by atoms with Gasteiger partial charge in [-0.3, -0.25) is 4.72 Å². The van der Waals surface area contributed by atoms with Crippen LogP contribution in [-0.4, -0.2) is 40.0 Å². The smallest absolute Gasteiger partial charge is 0.301 e. The van der Waals surface area contributed by atoms with Crippen LogP contribution in [0.25, 0.3) is 0 Å². The lowest BCUT2D eigenvalue weighted by atomic mass is 10.2. The molecule has 0 aliphatic heterocycles. The fourth-order valence-electron chi connectivity index (χ4n) is 1.53. The Labute approximate surface area is 114 Å². The van der Waals surface area contributed by atoms with Crippen LogP contribution in [0.1, 0.15) is 12.0 Å². The van der Waals surface area contributed by atoms with E-state index >= 15 is 0 Å². The summed E-state index contributed by atoms with van der Waals surface area (Å²) in [7, 11) is -0.447. The molecule has 0 amide bonds. The number of hydrogen-bond donors (Lipinski definition) is 2. The number of nitrogens with two attached hydrogens (primary N) is 1. The summed E-state index contributed by atoms with van der Waals surface area (Å²) in [5, 5.41) is 0. The third-order valence-corrected chi connectivity index (χ3v) is 4.24. The molecule has 0 bridgehead atoms. The molecule has 19 heavy (non-hydrogen) atoms. The summed E-state index contributed by atoms with van der Waals surface area (Å²) in [4.78, 5) is 0. The Bertz CT molecular complexity index is 517. The maximum atomic E-state index is 12.1. The molecule has 0 saturated heterocycles. The van der Waals surface area contributed by atoms with E-state index in [4.69, 9.17) is 10.5 Å². The van der Waals surface area contributed by atoms with Gasteiger partial charge < -0.3 is 10.5 Å². The number of hydrogen-bond acceptors (Lipinski definition) is 4. The Morgan fingerprint density at radius 1 is 1.42 bits per heavy atom. The van der Waals surface area contributed by atoms with E-state index in [2.05, 4.69) is 4.72 Å². The van der Waals surface area contributed by atoms with Gasteiger partial charge >= 0.3 is 10.2 Å². The molecule has 108 valence electrons. The van der Waals surface area contributed by atoms with Gasteiger partial charge in [-0.05, 0) is 43.7 Å². The van der Waals surface area contributed by atoms with E-state index < -0.39 is 10.2 Å². The summed E-state index contributed by atoms with van der Waals surface area (Å²) in [5.41, 5.74) is 6.72. The van der Waals surface area contributed by atoms with Gasteiger partial charge in [-0.2, -0.15) is 12.7 Å². The van der Waals surface area contributed by atoms with Crippen LogP contribution in [0, 0.1) is 6.92 Å². The average Bonchev–Trinajstić information content (AvgIpc) is 2.38. The average molecular weight is 287 g/mol. The van der Waals surface area contributed by atoms with Gasteiger partial charge in [0.15, 0.2) is 0 Å². The number of anilines is 1.